The van der Waals surface area contributed by atoms with Crippen molar-refractivity contribution in [2.45, 2.75) is 31.2 Å². The third kappa shape index (κ3) is 6.50. The number of piperidine rings is 1. The van der Waals surface area contributed by atoms with Crippen LogP contribution >= 0.6 is 0 Å². The Labute approximate surface area is 255 Å². The van der Waals surface area contributed by atoms with E-state index in [9.17, 15) is 14.4 Å². The molecule has 10 heteroatoms. The van der Waals surface area contributed by atoms with E-state index in [1.807, 2.05) is 14.1 Å². The van der Waals surface area contributed by atoms with E-state index in [1.165, 1.54) is 18.1 Å². The van der Waals surface area contributed by atoms with Crippen LogP contribution in [0.3, 0.4) is 0 Å². The normalized spacial score (nSPS) is 17.6. The third-order valence-corrected chi connectivity index (χ3v) is 8.29. The summed E-state index contributed by atoms with van der Waals surface area (Å²) in [5.74, 6) is -4.18. The summed E-state index contributed by atoms with van der Waals surface area (Å²) in [6, 6.07) is 19.9. The monoisotopic (exact) mass is 602 g/mol. The minimum Gasteiger partial charge on any atom is -0.496 e. The lowest BCUT2D eigenvalue weighted by molar-refractivity contribution is -0.127. The molecule has 3 aromatic rings. The molecule has 0 aromatic heterocycles. The van der Waals surface area contributed by atoms with Gasteiger partial charge in [-0.3, -0.25) is 14.4 Å². The van der Waals surface area contributed by atoms with Crippen molar-refractivity contribution in [1.82, 2.24) is 9.80 Å². The highest BCUT2D eigenvalue weighted by Crippen LogP contribution is 2.43. The molecule has 0 atom stereocenters. The Morgan fingerprint density at radius 3 is 2.27 bits per heavy atom. The van der Waals surface area contributed by atoms with E-state index in [0.29, 0.717) is 41.8 Å². The number of alkyl halides is 2. The maximum atomic E-state index is 15.7. The molecule has 44 heavy (non-hydrogen) atoms. The molecule has 2 aliphatic heterocycles. The van der Waals surface area contributed by atoms with Gasteiger partial charge in [0, 0.05) is 60.6 Å². The second kappa shape index (κ2) is 13.0. The van der Waals surface area contributed by atoms with Gasteiger partial charge in [-0.1, -0.05) is 30.3 Å². The minimum atomic E-state index is -3.32. The van der Waals surface area contributed by atoms with Gasteiger partial charge in [0.1, 0.15) is 5.75 Å². The second-order valence-corrected chi connectivity index (χ2v) is 11.2. The number of hydrogen-bond donors (Lipinski definition) is 1. The topological polar surface area (TPSA) is 82.2 Å². The Morgan fingerprint density at radius 2 is 1.59 bits per heavy atom. The number of nitrogens with one attached hydrogen (secondary N) is 1. The zero-order valence-corrected chi connectivity index (χ0v) is 25.1. The predicted molar refractivity (Wildman–Crippen MR) is 166 cm³/mol. The van der Waals surface area contributed by atoms with E-state index >= 15 is 8.78 Å². The molecule has 1 fully saturated rings. The average molecular weight is 603 g/mol. The number of nitrogens with zero attached hydrogens (tertiary/aromatic N) is 3. The molecule has 3 aromatic carbocycles. The third-order valence-electron chi connectivity index (χ3n) is 8.29. The molecule has 1 N–H and O–H groups in total. The lowest BCUT2D eigenvalue weighted by atomic mass is 9.96. The van der Waals surface area contributed by atoms with Gasteiger partial charge < -0.3 is 24.8 Å². The molecule has 0 radical (unpaired) electrons. The number of methoxy groups -OCH3 is 1. The number of carbonyl (C=O) groups excluding carboxylic acids is 3. The maximum absolute atomic E-state index is 15.7. The number of anilines is 2. The van der Waals surface area contributed by atoms with Crippen molar-refractivity contribution in [3.63, 3.8) is 0 Å². The summed E-state index contributed by atoms with van der Waals surface area (Å²) >= 11 is 0. The lowest BCUT2D eigenvalue weighted by Gasteiger charge is -2.35. The molecule has 0 unspecified atom stereocenters. The number of ether oxygens (including phenoxy) is 1. The van der Waals surface area contributed by atoms with Gasteiger partial charge in [0.05, 0.1) is 18.4 Å². The van der Waals surface area contributed by atoms with Crippen molar-refractivity contribution >= 4 is 34.7 Å². The molecule has 0 aliphatic carbocycles. The molecule has 3 amide bonds. The molecular formula is C34H36F2N4O4. The largest absolute Gasteiger partial charge is 0.496 e. The first-order valence-corrected chi connectivity index (χ1v) is 14.6. The van der Waals surface area contributed by atoms with Gasteiger partial charge in [0.25, 0.3) is 17.7 Å². The average Bonchev–Trinajstić information content (AvgIpc) is 3.14. The molecule has 2 heterocycles. The van der Waals surface area contributed by atoms with E-state index in [1.54, 1.807) is 71.6 Å². The molecule has 2 aliphatic rings. The number of rotatable bonds is 6. The standard InChI is InChI=1S/C34H36F2N4O4/c1-38(2)25-16-19-39(20-17-25)31(41)22-28-26-8-4-6-10-29(26)40(21-18-34(28,35)36)33(43)23-12-14-24(15-13-23)37-32(42)27-9-5-7-11-30(27)44-3/h4-15,22,25H,16-21H2,1-3H3,(H,37,42)/b28-22-. The van der Waals surface area contributed by atoms with E-state index in [2.05, 4.69) is 10.2 Å². The summed E-state index contributed by atoms with van der Waals surface area (Å²) in [4.78, 5) is 44.8. The Morgan fingerprint density at radius 1 is 0.932 bits per heavy atom. The van der Waals surface area contributed by atoms with Crippen molar-refractivity contribution in [2.75, 3.05) is 51.1 Å². The van der Waals surface area contributed by atoms with Crippen molar-refractivity contribution in [3.05, 3.63) is 95.6 Å². The Bertz CT molecular complexity index is 1560. The smallest absolute Gasteiger partial charge is 0.275 e. The number of amides is 3. The number of allylic oxidation sites excluding steroid dienone is 1. The highest BCUT2D eigenvalue weighted by atomic mass is 19.3. The fraction of sp³-hybridized carbons (Fsp3) is 0.324. The fourth-order valence-corrected chi connectivity index (χ4v) is 5.74. The first-order valence-electron chi connectivity index (χ1n) is 14.6. The summed E-state index contributed by atoms with van der Waals surface area (Å²) in [6.07, 6.45) is 1.98. The zero-order valence-electron chi connectivity index (χ0n) is 25.1. The predicted octanol–water partition coefficient (Wildman–Crippen LogP) is 5.57. The van der Waals surface area contributed by atoms with Crippen LogP contribution < -0.4 is 15.0 Å². The van der Waals surface area contributed by atoms with Gasteiger partial charge in [-0.2, -0.15) is 0 Å². The van der Waals surface area contributed by atoms with Crippen LogP contribution in [0.15, 0.2) is 78.9 Å². The van der Waals surface area contributed by atoms with Crippen molar-refractivity contribution in [3.8, 4) is 5.75 Å². The quantitative estimate of drug-likeness (QED) is 0.373. The summed E-state index contributed by atoms with van der Waals surface area (Å²) in [7, 11) is 5.47. The Balaban J connectivity index is 1.37. The Hall–Kier alpha value is -4.57. The first kappa shape index (κ1) is 30.9. The Kier molecular flexibility index (Phi) is 9.10. The van der Waals surface area contributed by atoms with Crippen molar-refractivity contribution in [1.29, 1.82) is 0 Å². The van der Waals surface area contributed by atoms with Crippen LogP contribution in [-0.4, -0.2) is 80.3 Å². The first-order chi connectivity index (χ1) is 21.1. The number of fused-ring (bicyclic) bond motifs is 1. The van der Waals surface area contributed by atoms with Gasteiger partial charge in [0.2, 0.25) is 5.91 Å². The van der Waals surface area contributed by atoms with E-state index in [4.69, 9.17) is 4.74 Å². The molecule has 1 saturated heterocycles. The molecular weight excluding hydrogens is 566 g/mol. The van der Waals surface area contributed by atoms with Crippen LogP contribution in [-0.2, 0) is 4.79 Å². The molecule has 0 bridgehead atoms. The number of para-hydroxylation sites is 2. The van der Waals surface area contributed by atoms with E-state index in [-0.39, 0.29) is 29.2 Å². The van der Waals surface area contributed by atoms with Crippen LogP contribution in [0.5, 0.6) is 5.75 Å². The fourth-order valence-electron chi connectivity index (χ4n) is 5.74. The van der Waals surface area contributed by atoms with Crippen LogP contribution in [0.4, 0.5) is 20.2 Å². The number of likely N-dealkylation sites (tertiary alicyclic amines) is 1. The molecule has 0 saturated carbocycles. The highest BCUT2D eigenvalue weighted by molar-refractivity contribution is 6.10. The van der Waals surface area contributed by atoms with Crippen molar-refractivity contribution < 1.29 is 27.9 Å². The van der Waals surface area contributed by atoms with Crippen LogP contribution in [0.25, 0.3) is 5.57 Å². The van der Waals surface area contributed by atoms with Crippen LogP contribution in [0.1, 0.15) is 45.5 Å². The van der Waals surface area contributed by atoms with Gasteiger partial charge >= 0.3 is 0 Å². The van der Waals surface area contributed by atoms with E-state index in [0.717, 1.165) is 18.9 Å². The lowest BCUT2D eigenvalue weighted by Crippen LogP contribution is -2.44. The van der Waals surface area contributed by atoms with Gasteiger partial charge in [-0.05, 0) is 69.4 Å². The maximum Gasteiger partial charge on any atom is 0.275 e. The molecule has 8 nitrogen and oxygen atoms in total. The van der Waals surface area contributed by atoms with Gasteiger partial charge in [-0.15, -0.1) is 0 Å². The number of benzene rings is 3. The number of hydrogen-bond acceptors (Lipinski definition) is 5. The number of halogens is 2. The van der Waals surface area contributed by atoms with Crippen LogP contribution in [0.2, 0.25) is 0 Å². The van der Waals surface area contributed by atoms with Crippen molar-refractivity contribution in [2.24, 2.45) is 0 Å². The number of carbonyl (C=O) groups is 3. The minimum absolute atomic E-state index is 0.153. The summed E-state index contributed by atoms with van der Waals surface area (Å²) in [6.45, 7) is 0.756. The summed E-state index contributed by atoms with van der Waals surface area (Å²) < 4.78 is 36.6. The highest BCUT2D eigenvalue weighted by Gasteiger charge is 2.42. The summed E-state index contributed by atoms with van der Waals surface area (Å²) in [5, 5.41) is 2.79. The molecule has 5 rings (SSSR count). The molecule has 230 valence electrons. The SMILES string of the molecule is COc1ccccc1C(=O)Nc1ccc(C(=O)N2CCC(F)(F)/C(=C\C(=O)N3CCC(N(C)C)CC3)c3ccccc32)cc1. The van der Waals surface area contributed by atoms with Gasteiger partial charge in [-0.25, -0.2) is 8.78 Å². The zero-order chi connectivity index (χ0) is 31.4. The van der Waals surface area contributed by atoms with Gasteiger partial charge in [0.15, 0.2) is 0 Å². The van der Waals surface area contributed by atoms with E-state index < -0.39 is 24.2 Å². The second-order valence-electron chi connectivity index (χ2n) is 11.2. The van der Waals surface area contributed by atoms with Crippen LogP contribution in [0, 0.1) is 0 Å². The molecule has 0 spiro atoms. The summed E-state index contributed by atoms with van der Waals surface area (Å²) in [5.41, 5.74) is 1.17.